The lowest BCUT2D eigenvalue weighted by atomic mass is 10.0. The summed E-state index contributed by atoms with van der Waals surface area (Å²) in [6, 6.07) is 24.4. The van der Waals surface area contributed by atoms with E-state index >= 15 is 0 Å². The summed E-state index contributed by atoms with van der Waals surface area (Å²) in [6.07, 6.45) is 2.19. The van der Waals surface area contributed by atoms with Crippen molar-refractivity contribution in [2.45, 2.75) is 47.1 Å². The van der Waals surface area contributed by atoms with E-state index in [1.54, 1.807) is 25.6 Å². The van der Waals surface area contributed by atoms with Gasteiger partial charge in [-0.15, -0.1) is 11.3 Å². The van der Waals surface area contributed by atoms with Crippen LogP contribution in [0.4, 0.5) is 5.69 Å². The van der Waals surface area contributed by atoms with Crippen LogP contribution in [0.5, 0.6) is 17.2 Å². The molecule has 0 N–H and O–H groups in total. The van der Waals surface area contributed by atoms with Gasteiger partial charge in [0.25, 0.3) is 0 Å². The number of aromatic nitrogens is 1. The molecule has 45 heavy (non-hydrogen) atoms. The Hall–Kier alpha value is -3.59. The van der Waals surface area contributed by atoms with Gasteiger partial charge in [0, 0.05) is 31.2 Å². The lowest BCUT2D eigenvalue weighted by Gasteiger charge is -2.14. The van der Waals surface area contributed by atoms with Gasteiger partial charge in [-0.2, -0.15) is 0 Å². The van der Waals surface area contributed by atoms with Gasteiger partial charge in [0.1, 0.15) is 23.9 Å². The van der Waals surface area contributed by atoms with Crippen LogP contribution >= 0.6 is 11.3 Å². The standard InChI is InChI=1S/C17H24N2O3S.C11H16O.C9H12O/c1-14-18-15(13-23-14)12-21-8-7-20-9-10-22-17-6-4-5-16(11-17)19(2)3;1-9(2)7-10-5-4-6-11(8-10)12-3;1-3-8-5-4-6-9(7-8)10-2/h4-6,11,13H,7-10,12H2,1-3H3;4-6,8-9H,7H2,1-3H3;4-7H,3H2,1-2H3. The summed E-state index contributed by atoms with van der Waals surface area (Å²) in [5.41, 5.74) is 4.77. The third-order valence-corrected chi connectivity index (χ3v) is 7.26. The maximum Gasteiger partial charge on any atom is 0.121 e. The summed E-state index contributed by atoms with van der Waals surface area (Å²) in [4.78, 5) is 6.39. The first-order valence-electron chi connectivity index (χ1n) is 15.5. The van der Waals surface area contributed by atoms with E-state index in [0.29, 0.717) is 39.0 Å². The van der Waals surface area contributed by atoms with Crippen LogP contribution in [0.15, 0.2) is 78.2 Å². The fourth-order valence-corrected chi connectivity index (χ4v) is 4.70. The summed E-state index contributed by atoms with van der Waals surface area (Å²) in [5, 5.41) is 3.08. The smallest absolute Gasteiger partial charge is 0.121 e. The molecule has 4 aromatic rings. The number of anilines is 1. The van der Waals surface area contributed by atoms with Gasteiger partial charge in [0.2, 0.25) is 0 Å². The van der Waals surface area contributed by atoms with Crippen LogP contribution in [0.3, 0.4) is 0 Å². The molecule has 4 rings (SSSR count). The van der Waals surface area contributed by atoms with Crippen LogP contribution in [0.2, 0.25) is 0 Å². The normalized spacial score (nSPS) is 10.3. The zero-order valence-corrected chi connectivity index (χ0v) is 29.2. The minimum Gasteiger partial charge on any atom is -0.497 e. The fourth-order valence-electron chi connectivity index (χ4n) is 4.10. The molecule has 0 aliphatic heterocycles. The molecule has 0 radical (unpaired) electrons. The Morgan fingerprint density at radius 1 is 0.756 bits per heavy atom. The van der Waals surface area contributed by atoms with Gasteiger partial charge in [0.15, 0.2) is 0 Å². The van der Waals surface area contributed by atoms with E-state index in [-0.39, 0.29) is 0 Å². The Kier molecular flexibility index (Phi) is 18.4. The highest BCUT2D eigenvalue weighted by atomic mass is 32.1. The molecule has 1 aromatic heterocycles. The maximum atomic E-state index is 5.67. The van der Waals surface area contributed by atoms with E-state index in [0.717, 1.165) is 46.5 Å². The Morgan fingerprint density at radius 3 is 1.96 bits per heavy atom. The average Bonchev–Trinajstić information content (AvgIpc) is 3.47. The molecular weight excluding hydrogens is 584 g/mol. The zero-order valence-electron chi connectivity index (χ0n) is 28.4. The van der Waals surface area contributed by atoms with Crippen molar-refractivity contribution in [2.75, 3.05) is 59.6 Å². The molecule has 0 atom stereocenters. The molecule has 246 valence electrons. The largest absolute Gasteiger partial charge is 0.497 e. The summed E-state index contributed by atoms with van der Waals surface area (Å²) < 4.78 is 26.9. The second-order valence-corrected chi connectivity index (χ2v) is 12.0. The summed E-state index contributed by atoms with van der Waals surface area (Å²) in [7, 11) is 7.41. The van der Waals surface area contributed by atoms with E-state index in [1.807, 2.05) is 79.8 Å². The van der Waals surface area contributed by atoms with Gasteiger partial charge in [0.05, 0.1) is 51.3 Å². The molecule has 0 bridgehead atoms. The Balaban J connectivity index is 0.000000267. The van der Waals surface area contributed by atoms with Crippen LogP contribution in [0.25, 0.3) is 0 Å². The molecule has 0 aliphatic carbocycles. The molecule has 8 heteroatoms. The van der Waals surface area contributed by atoms with Crippen molar-refractivity contribution < 1.29 is 23.7 Å². The lowest BCUT2D eigenvalue weighted by Crippen LogP contribution is -2.11. The molecule has 0 unspecified atom stereocenters. The van der Waals surface area contributed by atoms with Crippen molar-refractivity contribution in [2.24, 2.45) is 5.92 Å². The van der Waals surface area contributed by atoms with E-state index in [2.05, 4.69) is 50.0 Å². The minimum atomic E-state index is 0.530. The summed E-state index contributed by atoms with van der Waals surface area (Å²) >= 11 is 1.64. The van der Waals surface area contributed by atoms with Crippen LogP contribution < -0.4 is 19.1 Å². The van der Waals surface area contributed by atoms with Crippen LogP contribution in [-0.2, 0) is 28.9 Å². The van der Waals surface area contributed by atoms with Crippen LogP contribution in [0, 0.1) is 12.8 Å². The number of nitrogens with zero attached hydrogens (tertiary/aromatic N) is 2. The predicted octanol–water partition coefficient (Wildman–Crippen LogP) is 8.28. The Morgan fingerprint density at radius 2 is 1.36 bits per heavy atom. The average molecular weight is 637 g/mol. The number of aryl methyl sites for hydroxylation is 2. The highest BCUT2D eigenvalue weighted by Crippen LogP contribution is 2.19. The molecule has 0 aliphatic rings. The van der Waals surface area contributed by atoms with Crippen LogP contribution in [-0.4, -0.2) is 59.7 Å². The number of hydrogen-bond donors (Lipinski definition) is 0. The number of hydrogen-bond acceptors (Lipinski definition) is 8. The molecule has 0 fully saturated rings. The number of methoxy groups -OCH3 is 2. The molecule has 0 amide bonds. The number of ether oxygens (including phenoxy) is 5. The molecule has 3 aromatic carbocycles. The van der Waals surface area contributed by atoms with Gasteiger partial charge in [-0.25, -0.2) is 4.98 Å². The quantitative estimate of drug-likeness (QED) is 0.122. The number of benzene rings is 3. The Labute approximate surface area is 275 Å². The first kappa shape index (κ1) is 37.6. The second-order valence-electron chi connectivity index (χ2n) is 10.9. The lowest BCUT2D eigenvalue weighted by molar-refractivity contribution is 0.0296. The van der Waals surface area contributed by atoms with Crippen LogP contribution in [0.1, 0.15) is 42.6 Å². The zero-order chi connectivity index (χ0) is 32.9. The van der Waals surface area contributed by atoms with Crippen molar-refractivity contribution in [3.63, 3.8) is 0 Å². The van der Waals surface area contributed by atoms with Gasteiger partial charge < -0.3 is 28.6 Å². The van der Waals surface area contributed by atoms with E-state index in [4.69, 9.17) is 23.7 Å². The summed E-state index contributed by atoms with van der Waals surface area (Å²) in [5.74, 6) is 3.46. The van der Waals surface area contributed by atoms with Gasteiger partial charge in [-0.05, 0) is 73.2 Å². The maximum absolute atomic E-state index is 5.67. The molecule has 7 nitrogen and oxygen atoms in total. The van der Waals surface area contributed by atoms with Crippen molar-refractivity contribution in [1.82, 2.24) is 4.98 Å². The van der Waals surface area contributed by atoms with E-state index in [1.165, 1.54) is 11.1 Å². The monoisotopic (exact) mass is 636 g/mol. The van der Waals surface area contributed by atoms with E-state index < -0.39 is 0 Å². The topological polar surface area (TPSA) is 62.3 Å². The van der Waals surface area contributed by atoms with Crippen molar-refractivity contribution in [3.05, 3.63) is 100 Å². The Bertz CT molecular complexity index is 1320. The fraction of sp³-hybridized carbons (Fsp3) is 0.432. The summed E-state index contributed by atoms with van der Waals surface area (Å²) in [6.45, 7) is 11.3. The SMILES string of the molecule is CCc1cccc(OC)c1.COc1cccc(CC(C)C)c1.Cc1nc(COCCOCCOc2cccc(N(C)C)c2)cs1. The number of thiazole rings is 1. The second kappa shape index (κ2) is 22.0. The third kappa shape index (κ3) is 16.3. The molecular formula is C37H52N2O5S. The first-order chi connectivity index (χ1) is 21.7. The predicted molar refractivity (Wildman–Crippen MR) is 187 cm³/mol. The molecule has 0 spiro atoms. The molecule has 0 saturated carbocycles. The van der Waals surface area contributed by atoms with Crippen molar-refractivity contribution in [1.29, 1.82) is 0 Å². The van der Waals surface area contributed by atoms with Crippen molar-refractivity contribution >= 4 is 17.0 Å². The third-order valence-electron chi connectivity index (χ3n) is 6.44. The molecule has 1 heterocycles. The molecule has 0 saturated heterocycles. The number of rotatable bonds is 15. The van der Waals surface area contributed by atoms with E-state index in [9.17, 15) is 0 Å². The highest BCUT2D eigenvalue weighted by molar-refractivity contribution is 7.09. The van der Waals surface area contributed by atoms with Crippen molar-refractivity contribution in [3.8, 4) is 17.2 Å². The van der Waals surface area contributed by atoms with Gasteiger partial charge >= 0.3 is 0 Å². The van der Waals surface area contributed by atoms with Gasteiger partial charge in [-0.1, -0.05) is 51.1 Å². The van der Waals surface area contributed by atoms with Gasteiger partial charge in [-0.3, -0.25) is 0 Å². The highest BCUT2D eigenvalue weighted by Gasteiger charge is 2.01. The minimum absolute atomic E-state index is 0.530. The first-order valence-corrected chi connectivity index (χ1v) is 16.3.